The van der Waals surface area contributed by atoms with E-state index in [0.29, 0.717) is 11.3 Å². The lowest BCUT2D eigenvalue weighted by molar-refractivity contribution is -0.384. The number of hydrogen-bond donors (Lipinski definition) is 3. The highest BCUT2D eigenvalue weighted by molar-refractivity contribution is 7.89. The number of nitro groups is 1. The summed E-state index contributed by atoms with van der Waals surface area (Å²) in [6.07, 6.45) is 0. The molecule has 2 aromatic rings. The lowest BCUT2D eigenvalue weighted by Crippen LogP contribution is -2.39. The Morgan fingerprint density at radius 1 is 1.16 bits per heavy atom. The summed E-state index contributed by atoms with van der Waals surface area (Å²) < 4.78 is 26.2. The average Bonchev–Trinajstić information content (AvgIpc) is 2.57. The van der Waals surface area contributed by atoms with Crippen LogP contribution >= 0.6 is 0 Å². The molecular weight excluding hydrogens is 348 g/mol. The van der Waals surface area contributed by atoms with Gasteiger partial charge in [0.15, 0.2) is 0 Å². The fourth-order valence-corrected chi connectivity index (χ4v) is 2.91. The number of nitrogens with zero attached hydrogens (tertiary/aromatic N) is 1. The molecule has 25 heavy (non-hydrogen) atoms. The van der Waals surface area contributed by atoms with Gasteiger partial charge in [-0.3, -0.25) is 10.1 Å². The number of sulfonamides is 1. The predicted molar refractivity (Wildman–Crippen MR) is 91.6 cm³/mol. The van der Waals surface area contributed by atoms with E-state index < -0.39 is 21.0 Å². The molecule has 0 aliphatic heterocycles. The molecule has 0 radical (unpaired) electrons. The van der Waals surface area contributed by atoms with Crippen LogP contribution in [0.25, 0.3) is 0 Å². The highest BCUT2D eigenvalue weighted by Crippen LogP contribution is 2.20. The fraction of sp³-hybridized carbons (Fsp3) is 0.133. The Balaban J connectivity index is 1.90. The molecule has 132 valence electrons. The number of urea groups is 1. The van der Waals surface area contributed by atoms with Crippen molar-refractivity contribution in [2.24, 2.45) is 0 Å². The van der Waals surface area contributed by atoms with Gasteiger partial charge >= 0.3 is 6.03 Å². The van der Waals surface area contributed by atoms with Gasteiger partial charge in [0.2, 0.25) is 10.0 Å². The summed E-state index contributed by atoms with van der Waals surface area (Å²) >= 11 is 0. The maximum Gasteiger partial charge on any atom is 0.320 e. The van der Waals surface area contributed by atoms with E-state index in [1.54, 1.807) is 25.1 Å². The number of carbonyl (C=O) groups excluding carboxylic acids is 1. The Hall–Kier alpha value is -2.98. The summed E-state index contributed by atoms with van der Waals surface area (Å²) in [6, 6.07) is 11.1. The van der Waals surface area contributed by atoms with Gasteiger partial charge in [-0.05, 0) is 30.7 Å². The third-order valence-corrected chi connectivity index (χ3v) is 4.65. The molecular formula is C15H16N4O5S. The predicted octanol–water partition coefficient (Wildman–Crippen LogP) is 1.96. The van der Waals surface area contributed by atoms with Crippen LogP contribution in [-0.2, 0) is 10.0 Å². The van der Waals surface area contributed by atoms with Crippen LogP contribution in [0, 0.1) is 17.0 Å². The molecule has 0 unspecified atom stereocenters. The summed E-state index contributed by atoms with van der Waals surface area (Å²) in [4.78, 5) is 22.0. The molecule has 0 bridgehead atoms. The normalized spacial score (nSPS) is 10.9. The van der Waals surface area contributed by atoms with Gasteiger partial charge in [0.05, 0.1) is 16.5 Å². The van der Waals surface area contributed by atoms with Crippen LogP contribution in [0.15, 0.2) is 53.4 Å². The van der Waals surface area contributed by atoms with E-state index in [9.17, 15) is 23.3 Å². The Labute approximate surface area is 144 Å². The number of carbonyl (C=O) groups is 1. The maximum atomic E-state index is 12.0. The van der Waals surface area contributed by atoms with E-state index in [4.69, 9.17) is 0 Å². The number of hydrogen-bond acceptors (Lipinski definition) is 5. The minimum Gasteiger partial charge on any atom is -0.324 e. The van der Waals surface area contributed by atoms with Gasteiger partial charge in [-0.15, -0.1) is 0 Å². The first-order valence-electron chi connectivity index (χ1n) is 7.14. The van der Waals surface area contributed by atoms with Crippen molar-refractivity contribution in [1.29, 1.82) is 0 Å². The molecule has 0 saturated carbocycles. The molecule has 0 fully saturated rings. The van der Waals surface area contributed by atoms with E-state index in [0.717, 1.165) is 0 Å². The third-order valence-electron chi connectivity index (χ3n) is 3.23. The molecule has 2 rings (SSSR count). The van der Waals surface area contributed by atoms with Crippen molar-refractivity contribution in [1.82, 2.24) is 10.0 Å². The summed E-state index contributed by atoms with van der Waals surface area (Å²) in [7, 11) is -3.72. The van der Waals surface area contributed by atoms with Gasteiger partial charge in [-0.1, -0.05) is 18.2 Å². The van der Waals surface area contributed by atoms with Crippen molar-refractivity contribution in [2.75, 3.05) is 12.0 Å². The second kappa shape index (κ2) is 7.73. The minimum absolute atomic E-state index is 0.0842. The van der Waals surface area contributed by atoms with Crippen molar-refractivity contribution in [3.8, 4) is 0 Å². The van der Waals surface area contributed by atoms with E-state index in [1.807, 2.05) is 0 Å². The Bertz CT molecular complexity index is 884. The quantitative estimate of drug-likeness (QED) is 0.410. The van der Waals surface area contributed by atoms with Crippen LogP contribution in [0.5, 0.6) is 0 Å². The summed E-state index contributed by atoms with van der Waals surface area (Å²) in [5.41, 5.74) is 0.808. The lowest BCUT2D eigenvalue weighted by atomic mass is 10.2. The Morgan fingerprint density at radius 2 is 1.84 bits per heavy atom. The molecule has 2 aromatic carbocycles. The van der Waals surface area contributed by atoms with Crippen LogP contribution < -0.4 is 15.4 Å². The van der Waals surface area contributed by atoms with Gasteiger partial charge in [-0.25, -0.2) is 13.2 Å². The van der Waals surface area contributed by atoms with Crippen molar-refractivity contribution in [2.45, 2.75) is 11.8 Å². The van der Waals surface area contributed by atoms with Crippen molar-refractivity contribution >= 4 is 27.4 Å². The summed E-state index contributed by atoms with van der Waals surface area (Å²) in [6.45, 7) is 1.30. The van der Waals surface area contributed by atoms with Crippen molar-refractivity contribution < 1.29 is 18.1 Å². The van der Waals surface area contributed by atoms with Gasteiger partial charge in [-0.2, -0.15) is 4.72 Å². The lowest BCUT2D eigenvalue weighted by Gasteiger charge is -2.11. The number of benzene rings is 2. The van der Waals surface area contributed by atoms with E-state index in [1.165, 1.54) is 30.3 Å². The molecule has 0 aromatic heterocycles. The zero-order valence-corrected chi connectivity index (χ0v) is 14.0. The van der Waals surface area contributed by atoms with Crippen LogP contribution in [-0.4, -0.2) is 26.0 Å². The highest BCUT2D eigenvalue weighted by atomic mass is 32.2. The van der Waals surface area contributed by atoms with Crippen LogP contribution in [0.2, 0.25) is 0 Å². The van der Waals surface area contributed by atoms with Gasteiger partial charge in [0, 0.05) is 17.8 Å². The zero-order valence-electron chi connectivity index (χ0n) is 13.2. The van der Waals surface area contributed by atoms with E-state index >= 15 is 0 Å². The molecule has 2 amide bonds. The largest absolute Gasteiger partial charge is 0.324 e. The van der Waals surface area contributed by atoms with Gasteiger partial charge < -0.3 is 10.6 Å². The second-order valence-corrected chi connectivity index (χ2v) is 6.79. The molecule has 0 saturated heterocycles. The maximum absolute atomic E-state index is 12.0. The number of rotatable bonds is 6. The summed E-state index contributed by atoms with van der Waals surface area (Å²) in [5, 5.41) is 15.5. The third kappa shape index (κ3) is 4.99. The molecule has 10 heteroatoms. The Kier molecular flexibility index (Phi) is 5.67. The molecule has 3 N–H and O–H groups in total. The van der Waals surface area contributed by atoms with Crippen molar-refractivity contribution in [3.05, 3.63) is 64.2 Å². The average molecular weight is 364 g/mol. The SMILES string of the molecule is Cc1cc([N+](=O)[O-])ccc1NC(=O)NCNS(=O)(=O)c1ccccc1. The fourth-order valence-electron chi connectivity index (χ4n) is 1.96. The van der Waals surface area contributed by atoms with Crippen LogP contribution in [0.1, 0.15) is 5.56 Å². The van der Waals surface area contributed by atoms with E-state index in [-0.39, 0.29) is 17.3 Å². The number of amides is 2. The standard InChI is InChI=1S/C15H16N4O5S/c1-11-9-12(19(21)22)7-8-14(11)18-15(20)16-10-17-25(23,24)13-5-3-2-4-6-13/h2-9,17H,10H2,1H3,(H2,16,18,20). The number of anilines is 1. The summed E-state index contributed by atoms with van der Waals surface area (Å²) in [5.74, 6) is 0. The molecule has 0 heterocycles. The molecule has 9 nitrogen and oxygen atoms in total. The molecule has 0 aliphatic rings. The zero-order chi connectivity index (χ0) is 18.4. The highest BCUT2D eigenvalue weighted by Gasteiger charge is 2.14. The molecule has 0 aliphatic carbocycles. The Morgan fingerprint density at radius 3 is 2.44 bits per heavy atom. The van der Waals surface area contributed by atoms with E-state index in [2.05, 4.69) is 15.4 Å². The molecule has 0 atom stereocenters. The van der Waals surface area contributed by atoms with Gasteiger partial charge in [0.1, 0.15) is 0 Å². The minimum atomic E-state index is -3.72. The second-order valence-electron chi connectivity index (χ2n) is 5.02. The van der Waals surface area contributed by atoms with Crippen LogP contribution in [0.3, 0.4) is 0 Å². The first-order chi connectivity index (χ1) is 11.8. The number of nitrogens with one attached hydrogen (secondary N) is 3. The first kappa shape index (κ1) is 18.4. The number of nitro benzene ring substituents is 1. The van der Waals surface area contributed by atoms with Crippen LogP contribution in [0.4, 0.5) is 16.2 Å². The number of non-ortho nitro benzene ring substituents is 1. The number of aryl methyl sites for hydroxylation is 1. The smallest absolute Gasteiger partial charge is 0.320 e. The monoisotopic (exact) mass is 364 g/mol. The molecule has 0 spiro atoms. The first-order valence-corrected chi connectivity index (χ1v) is 8.62. The topological polar surface area (TPSA) is 130 Å². The van der Waals surface area contributed by atoms with Crippen molar-refractivity contribution in [3.63, 3.8) is 0 Å². The van der Waals surface area contributed by atoms with Gasteiger partial charge in [0.25, 0.3) is 5.69 Å².